The molecule has 2 aromatic rings. The van der Waals surface area contributed by atoms with Gasteiger partial charge in [-0.1, -0.05) is 18.2 Å². The smallest absolute Gasteiger partial charge is 0.294 e. The van der Waals surface area contributed by atoms with Gasteiger partial charge < -0.3 is 0 Å². The number of rotatable bonds is 3. The van der Waals surface area contributed by atoms with Crippen molar-refractivity contribution in [3.05, 3.63) is 81.0 Å². The number of ketones is 1. The number of carbonyl (C=O) groups is 2. The lowest BCUT2D eigenvalue weighted by Crippen LogP contribution is -2.40. The first-order valence-corrected chi connectivity index (χ1v) is 9.67. The second-order valence-electron chi connectivity index (χ2n) is 7.52. The summed E-state index contributed by atoms with van der Waals surface area (Å²) in [5, 5.41) is 11.2. The largest absolute Gasteiger partial charge is 0.416 e. The molecule has 1 atom stereocenters. The lowest BCUT2D eigenvalue weighted by atomic mass is 9.77. The number of nitro groups is 1. The Morgan fingerprint density at radius 3 is 2.48 bits per heavy atom. The van der Waals surface area contributed by atoms with Crippen LogP contribution in [0, 0.1) is 10.1 Å². The van der Waals surface area contributed by atoms with Crippen LogP contribution in [-0.4, -0.2) is 16.6 Å². The Hall–Kier alpha value is -3.49. The molecule has 2 aromatic carbocycles. The van der Waals surface area contributed by atoms with E-state index in [1.54, 1.807) is 6.07 Å². The fraction of sp³-hybridized carbons (Fsp3) is 0.273. The number of Topliss-reactive ketones (excluding diaryl/α,β-unsaturated/α-hetero) is 1. The van der Waals surface area contributed by atoms with Gasteiger partial charge in [0, 0.05) is 47.8 Å². The fourth-order valence-corrected chi connectivity index (χ4v) is 4.25. The van der Waals surface area contributed by atoms with Gasteiger partial charge in [-0.3, -0.25) is 24.6 Å². The van der Waals surface area contributed by atoms with Gasteiger partial charge in [-0.25, -0.2) is 0 Å². The van der Waals surface area contributed by atoms with Gasteiger partial charge in [0.2, 0.25) is 5.91 Å². The molecule has 1 aliphatic heterocycles. The van der Waals surface area contributed by atoms with Crippen molar-refractivity contribution in [2.24, 2.45) is 0 Å². The molecule has 9 heteroatoms. The molecule has 1 amide bonds. The third-order valence-corrected chi connectivity index (χ3v) is 5.59. The monoisotopic (exact) mass is 430 g/mol. The van der Waals surface area contributed by atoms with Crippen molar-refractivity contribution in [2.45, 2.75) is 37.8 Å². The lowest BCUT2D eigenvalue weighted by Gasteiger charge is -2.38. The third-order valence-electron chi connectivity index (χ3n) is 5.59. The van der Waals surface area contributed by atoms with E-state index < -0.39 is 28.5 Å². The van der Waals surface area contributed by atoms with Crippen LogP contribution in [0.4, 0.5) is 24.5 Å². The number of halogens is 3. The van der Waals surface area contributed by atoms with Gasteiger partial charge in [0.05, 0.1) is 10.5 Å². The second-order valence-corrected chi connectivity index (χ2v) is 7.52. The molecule has 0 spiro atoms. The van der Waals surface area contributed by atoms with E-state index in [9.17, 15) is 32.9 Å². The summed E-state index contributed by atoms with van der Waals surface area (Å²) in [6.45, 7) is 0. The van der Waals surface area contributed by atoms with Crippen molar-refractivity contribution in [1.82, 2.24) is 0 Å². The van der Waals surface area contributed by atoms with Crippen molar-refractivity contribution in [3.8, 4) is 0 Å². The molecule has 1 unspecified atom stereocenters. The van der Waals surface area contributed by atoms with Gasteiger partial charge >= 0.3 is 6.18 Å². The van der Waals surface area contributed by atoms with Crippen molar-refractivity contribution in [2.75, 3.05) is 4.90 Å². The average molecular weight is 430 g/mol. The molecule has 160 valence electrons. The molecule has 0 radical (unpaired) electrons. The highest BCUT2D eigenvalue weighted by Crippen LogP contribution is 2.44. The molecule has 1 aliphatic carbocycles. The van der Waals surface area contributed by atoms with Crippen LogP contribution in [0.1, 0.15) is 42.7 Å². The van der Waals surface area contributed by atoms with E-state index in [0.717, 1.165) is 12.1 Å². The Labute approximate surface area is 175 Å². The summed E-state index contributed by atoms with van der Waals surface area (Å²) < 4.78 is 39.6. The Balaban J connectivity index is 1.84. The summed E-state index contributed by atoms with van der Waals surface area (Å²) in [5.41, 5.74) is 0.208. The highest BCUT2D eigenvalue weighted by Gasteiger charge is 2.40. The number of nitro benzene ring substituents is 1. The molecule has 31 heavy (non-hydrogen) atoms. The fourth-order valence-electron chi connectivity index (χ4n) is 4.25. The van der Waals surface area contributed by atoms with E-state index >= 15 is 0 Å². The first-order valence-electron chi connectivity index (χ1n) is 9.67. The van der Waals surface area contributed by atoms with E-state index in [2.05, 4.69) is 0 Å². The SMILES string of the molecule is O=C1CCCC2=C1C(c1cccc([N+](=O)[O-])c1)CC(=O)N2c1cccc(C(F)(F)F)c1. The number of alkyl halides is 3. The lowest BCUT2D eigenvalue weighted by molar-refractivity contribution is -0.384. The standard InChI is InChI=1S/C22H17F3N2O4/c23-22(24,25)14-5-2-6-15(11-14)26-18-8-3-9-19(28)21(18)17(12-20(26)29)13-4-1-7-16(10-13)27(30)31/h1-2,4-7,10-11,17H,3,8-9,12H2. The van der Waals surface area contributed by atoms with Crippen molar-refractivity contribution in [3.63, 3.8) is 0 Å². The Morgan fingerprint density at radius 1 is 1.03 bits per heavy atom. The Kier molecular flexibility index (Phi) is 5.12. The minimum Gasteiger partial charge on any atom is -0.294 e. The van der Waals surface area contributed by atoms with Crippen LogP contribution in [0.15, 0.2) is 59.8 Å². The molecule has 6 nitrogen and oxygen atoms in total. The predicted octanol–water partition coefficient (Wildman–Crippen LogP) is 5.14. The summed E-state index contributed by atoms with van der Waals surface area (Å²) in [6.07, 6.45) is -3.65. The van der Waals surface area contributed by atoms with Crippen molar-refractivity contribution < 1.29 is 27.7 Å². The number of benzene rings is 2. The number of non-ortho nitro benzene ring substituents is 1. The van der Waals surface area contributed by atoms with Gasteiger partial charge in [-0.2, -0.15) is 13.2 Å². The van der Waals surface area contributed by atoms with E-state index in [0.29, 0.717) is 29.7 Å². The number of carbonyl (C=O) groups excluding carboxylic acids is 2. The van der Waals surface area contributed by atoms with E-state index in [4.69, 9.17) is 0 Å². The highest BCUT2D eigenvalue weighted by atomic mass is 19.4. The number of hydrogen-bond acceptors (Lipinski definition) is 4. The summed E-state index contributed by atoms with van der Waals surface area (Å²) in [7, 11) is 0. The Morgan fingerprint density at radius 2 is 1.77 bits per heavy atom. The zero-order valence-electron chi connectivity index (χ0n) is 16.2. The molecule has 1 heterocycles. The van der Waals surface area contributed by atoms with Gasteiger partial charge in [0.25, 0.3) is 5.69 Å². The van der Waals surface area contributed by atoms with Crippen LogP contribution in [0.3, 0.4) is 0 Å². The molecular formula is C22H17F3N2O4. The molecule has 0 bridgehead atoms. The average Bonchev–Trinajstić information content (AvgIpc) is 2.73. The number of anilines is 1. The van der Waals surface area contributed by atoms with Crippen LogP contribution in [0.25, 0.3) is 0 Å². The molecule has 0 aromatic heterocycles. The Bertz CT molecular complexity index is 1120. The summed E-state index contributed by atoms with van der Waals surface area (Å²) >= 11 is 0. The maximum absolute atomic E-state index is 13.2. The second kappa shape index (κ2) is 7.64. The predicted molar refractivity (Wildman–Crippen MR) is 105 cm³/mol. The molecule has 0 N–H and O–H groups in total. The topological polar surface area (TPSA) is 80.5 Å². The van der Waals surface area contributed by atoms with E-state index in [-0.39, 0.29) is 30.0 Å². The van der Waals surface area contributed by atoms with Crippen LogP contribution < -0.4 is 4.90 Å². The normalized spacial score (nSPS) is 19.5. The van der Waals surface area contributed by atoms with Gasteiger partial charge in [-0.15, -0.1) is 0 Å². The molecule has 4 rings (SSSR count). The van der Waals surface area contributed by atoms with Crippen molar-refractivity contribution in [1.29, 1.82) is 0 Å². The van der Waals surface area contributed by atoms with Crippen LogP contribution in [0.2, 0.25) is 0 Å². The van der Waals surface area contributed by atoms with Crippen LogP contribution >= 0.6 is 0 Å². The minimum absolute atomic E-state index is 0.0551. The van der Waals surface area contributed by atoms with Crippen molar-refractivity contribution >= 4 is 23.1 Å². The third kappa shape index (κ3) is 3.83. The number of allylic oxidation sites excluding steroid dienone is 2. The minimum atomic E-state index is -4.57. The number of amides is 1. The molecular weight excluding hydrogens is 413 g/mol. The quantitative estimate of drug-likeness (QED) is 0.499. The maximum atomic E-state index is 13.2. The zero-order chi connectivity index (χ0) is 22.3. The van der Waals surface area contributed by atoms with Gasteiger partial charge in [0.1, 0.15) is 0 Å². The summed E-state index contributed by atoms with van der Waals surface area (Å²) in [5.74, 6) is -1.32. The van der Waals surface area contributed by atoms with Gasteiger partial charge in [-0.05, 0) is 36.6 Å². The molecule has 0 fully saturated rings. The number of nitrogens with zero attached hydrogens (tertiary/aromatic N) is 2. The van der Waals surface area contributed by atoms with Crippen LogP contribution in [-0.2, 0) is 15.8 Å². The number of hydrogen-bond donors (Lipinski definition) is 0. The highest BCUT2D eigenvalue weighted by molar-refractivity contribution is 6.07. The first-order chi connectivity index (χ1) is 14.7. The summed E-state index contributed by atoms with van der Waals surface area (Å²) in [4.78, 5) is 37.7. The summed E-state index contributed by atoms with van der Waals surface area (Å²) in [6, 6.07) is 10.2. The van der Waals surface area contributed by atoms with Crippen LogP contribution in [0.5, 0.6) is 0 Å². The van der Waals surface area contributed by atoms with E-state index in [1.807, 2.05) is 0 Å². The first kappa shape index (κ1) is 20.8. The van der Waals surface area contributed by atoms with Gasteiger partial charge in [0.15, 0.2) is 5.78 Å². The zero-order valence-corrected chi connectivity index (χ0v) is 16.2. The molecule has 2 aliphatic rings. The maximum Gasteiger partial charge on any atom is 0.416 e. The molecule has 0 saturated carbocycles. The van der Waals surface area contributed by atoms with E-state index in [1.165, 1.54) is 35.2 Å². The molecule has 0 saturated heterocycles.